The van der Waals surface area contributed by atoms with Crippen molar-refractivity contribution in [3.05, 3.63) is 144 Å². The van der Waals surface area contributed by atoms with E-state index < -0.39 is 60.6 Å². The van der Waals surface area contributed by atoms with Gasteiger partial charge in [0.15, 0.2) is 0 Å². The van der Waals surface area contributed by atoms with Crippen LogP contribution in [0.2, 0.25) is 0 Å². The van der Waals surface area contributed by atoms with Crippen LogP contribution in [0.5, 0.6) is 0 Å². The second kappa shape index (κ2) is 32.3. The number of benzene rings is 4. The van der Waals surface area contributed by atoms with Crippen LogP contribution in [0.3, 0.4) is 0 Å². The summed E-state index contributed by atoms with van der Waals surface area (Å²) in [5.74, 6) is -3.92. The summed E-state index contributed by atoms with van der Waals surface area (Å²) < 4.78 is 45.1. The molecule has 4 aromatic rings. The smallest absolute Gasteiger partial charge is 0.329 e. The zero-order valence-corrected chi connectivity index (χ0v) is 39.5. The molecule has 376 valence electrons. The quantitative estimate of drug-likeness (QED) is 0.0962. The molecule has 70 heavy (non-hydrogen) atoms. The Morgan fingerprint density at radius 1 is 0.400 bits per heavy atom. The molecule has 1 fully saturated rings. The molecule has 2 atom stereocenters. The predicted octanol–water partition coefficient (Wildman–Crippen LogP) is 3.39. The van der Waals surface area contributed by atoms with Crippen molar-refractivity contribution in [3.8, 4) is 0 Å². The van der Waals surface area contributed by atoms with Crippen molar-refractivity contribution in [2.24, 2.45) is 0 Å². The zero-order valence-electron chi connectivity index (χ0n) is 39.5. The third-order valence-corrected chi connectivity index (χ3v) is 10.6. The molecule has 0 unspecified atom stereocenters. The number of carbonyl (C=O) groups is 6. The summed E-state index contributed by atoms with van der Waals surface area (Å²) in [4.78, 5) is 82.8. The van der Waals surface area contributed by atoms with Gasteiger partial charge in [-0.15, -0.1) is 0 Å². The maximum Gasteiger partial charge on any atom is 0.329 e. The van der Waals surface area contributed by atoms with Crippen LogP contribution >= 0.6 is 0 Å². The highest BCUT2D eigenvalue weighted by Gasteiger charge is 2.29. The molecule has 5 rings (SSSR count). The molecule has 0 spiro atoms. The van der Waals surface area contributed by atoms with Crippen LogP contribution in [0.1, 0.15) is 35.1 Å². The molecule has 0 saturated carbocycles. The van der Waals surface area contributed by atoms with E-state index in [2.05, 4.69) is 10.6 Å². The van der Waals surface area contributed by atoms with Gasteiger partial charge in [0, 0.05) is 26.2 Å². The first-order chi connectivity index (χ1) is 34.2. The molecule has 18 heteroatoms. The van der Waals surface area contributed by atoms with Crippen LogP contribution in [0.25, 0.3) is 0 Å². The minimum atomic E-state index is -1.29. The first kappa shape index (κ1) is 54.4. The highest BCUT2D eigenvalue weighted by molar-refractivity contribution is 5.89. The molecule has 0 aliphatic carbocycles. The summed E-state index contributed by atoms with van der Waals surface area (Å²) in [6.07, 6.45) is -0.854. The fourth-order valence-corrected chi connectivity index (χ4v) is 6.82. The molecular weight excluding hydrogens is 905 g/mol. The van der Waals surface area contributed by atoms with Crippen molar-refractivity contribution in [1.29, 1.82) is 0 Å². The molecule has 0 bridgehead atoms. The topological polar surface area (TPSA) is 207 Å². The average molecular weight is 969 g/mol. The molecule has 1 aliphatic rings. The van der Waals surface area contributed by atoms with Gasteiger partial charge < -0.3 is 48.5 Å². The fourth-order valence-electron chi connectivity index (χ4n) is 6.82. The Balaban J connectivity index is 1.08. The number of nitrogens with one attached hydrogen (secondary N) is 2. The summed E-state index contributed by atoms with van der Waals surface area (Å²) in [5, 5.41) is 5.35. The molecule has 1 heterocycles. The lowest BCUT2D eigenvalue weighted by molar-refractivity contribution is -0.155. The molecular formula is C52H64N4O14. The van der Waals surface area contributed by atoms with E-state index in [1.54, 1.807) is 24.3 Å². The normalized spacial score (nSPS) is 15.7. The van der Waals surface area contributed by atoms with E-state index in [1.807, 2.05) is 107 Å². The van der Waals surface area contributed by atoms with Gasteiger partial charge in [-0.1, -0.05) is 121 Å². The van der Waals surface area contributed by atoms with Crippen molar-refractivity contribution >= 4 is 35.7 Å². The standard InChI is InChI=1S/C52H64N4O14/c57-47(53-45(51(61)69-39-43-17-9-3-10-18-43)33-49(59)67-37-41-13-5-1-6-14-41)35-55-21-25-63-29-31-65-27-23-56(24-28-66-32-30-64-26-22-55)36-48(58)54-46(52(62)70-40-44-19-11-4-12-20-44)34-50(60)68-38-42-15-7-2-8-16-42/h1-20,45-46H,21-40H2,(H,53,57)(H,54,58)/t45-,46-/m0/s1. The first-order valence-electron chi connectivity index (χ1n) is 23.3. The summed E-state index contributed by atoms with van der Waals surface area (Å²) in [5.41, 5.74) is 3.05. The largest absolute Gasteiger partial charge is 0.461 e. The number of nitrogens with zero attached hydrogens (tertiary/aromatic N) is 2. The maximum absolute atomic E-state index is 13.5. The van der Waals surface area contributed by atoms with Gasteiger partial charge in [-0.25, -0.2) is 9.59 Å². The summed E-state index contributed by atoms with van der Waals surface area (Å²) >= 11 is 0. The van der Waals surface area contributed by atoms with E-state index in [1.165, 1.54) is 0 Å². The van der Waals surface area contributed by atoms with Gasteiger partial charge >= 0.3 is 23.9 Å². The van der Waals surface area contributed by atoms with E-state index in [4.69, 9.17) is 37.9 Å². The SMILES string of the molecule is O=C(CN1CCOCCOCCN(CC(=O)N[C@@H](CC(=O)OCc2ccccc2)C(=O)OCc2ccccc2)CCOCCOCC1)N[C@@H](CC(=O)OCc1ccccc1)C(=O)OCc1ccccc1. The second-order valence-electron chi connectivity index (χ2n) is 16.1. The number of esters is 4. The molecule has 2 N–H and O–H groups in total. The van der Waals surface area contributed by atoms with Gasteiger partial charge in [0.1, 0.15) is 38.5 Å². The van der Waals surface area contributed by atoms with Crippen molar-refractivity contribution in [3.63, 3.8) is 0 Å². The summed E-state index contributed by atoms with van der Waals surface area (Å²) in [7, 11) is 0. The van der Waals surface area contributed by atoms with Crippen LogP contribution in [-0.2, 0) is 93.1 Å². The Kier molecular flexibility index (Phi) is 25.1. The Hall–Kier alpha value is -6.54. The van der Waals surface area contributed by atoms with Crippen LogP contribution < -0.4 is 10.6 Å². The number of hydrogen-bond donors (Lipinski definition) is 2. The second-order valence-corrected chi connectivity index (χ2v) is 16.1. The minimum absolute atomic E-state index is 0.0101. The molecule has 4 aromatic carbocycles. The van der Waals surface area contributed by atoms with Crippen molar-refractivity contribution in [2.45, 2.75) is 51.4 Å². The maximum atomic E-state index is 13.5. The predicted molar refractivity (Wildman–Crippen MR) is 254 cm³/mol. The van der Waals surface area contributed by atoms with E-state index in [9.17, 15) is 28.8 Å². The Labute approximate surface area is 408 Å². The molecule has 0 aromatic heterocycles. The number of hydrogen-bond acceptors (Lipinski definition) is 16. The van der Waals surface area contributed by atoms with Crippen molar-refractivity contribution < 1.29 is 66.7 Å². The third-order valence-electron chi connectivity index (χ3n) is 10.6. The first-order valence-corrected chi connectivity index (χ1v) is 23.3. The van der Waals surface area contributed by atoms with Crippen molar-refractivity contribution in [2.75, 3.05) is 92.1 Å². The van der Waals surface area contributed by atoms with Gasteiger partial charge in [0.2, 0.25) is 11.8 Å². The van der Waals surface area contributed by atoms with E-state index in [0.29, 0.717) is 26.2 Å². The lowest BCUT2D eigenvalue weighted by Gasteiger charge is -2.24. The highest BCUT2D eigenvalue weighted by atomic mass is 16.6. The Morgan fingerprint density at radius 2 is 0.671 bits per heavy atom. The van der Waals surface area contributed by atoms with Gasteiger partial charge in [-0.05, 0) is 22.3 Å². The Bertz CT molecular complexity index is 1980. The average Bonchev–Trinajstić information content (AvgIpc) is 3.37. The third kappa shape index (κ3) is 22.7. The van der Waals surface area contributed by atoms with Crippen LogP contribution in [0.4, 0.5) is 0 Å². The minimum Gasteiger partial charge on any atom is -0.461 e. The van der Waals surface area contributed by atoms with Gasteiger partial charge in [0.05, 0.1) is 78.8 Å². The lowest BCUT2D eigenvalue weighted by atomic mass is 10.2. The molecule has 1 aliphatic heterocycles. The number of carbonyl (C=O) groups excluding carboxylic acids is 6. The lowest BCUT2D eigenvalue weighted by Crippen LogP contribution is -2.48. The summed E-state index contributed by atoms with van der Waals surface area (Å²) in [6.45, 7) is 2.99. The molecule has 1 saturated heterocycles. The highest BCUT2D eigenvalue weighted by Crippen LogP contribution is 2.10. The number of ether oxygens (including phenoxy) is 8. The molecule has 2 amide bonds. The van der Waals surface area contributed by atoms with E-state index >= 15 is 0 Å². The fraction of sp³-hybridized carbons (Fsp3) is 0.423. The zero-order chi connectivity index (χ0) is 49.4. The van der Waals surface area contributed by atoms with Crippen molar-refractivity contribution in [1.82, 2.24) is 20.4 Å². The van der Waals surface area contributed by atoms with Crippen LogP contribution in [0, 0.1) is 0 Å². The van der Waals surface area contributed by atoms with Gasteiger partial charge in [-0.3, -0.25) is 29.0 Å². The molecule has 18 nitrogen and oxygen atoms in total. The molecule has 0 radical (unpaired) electrons. The van der Waals surface area contributed by atoms with Gasteiger partial charge in [-0.2, -0.15) is 0 Å². The van der Waals surface area contributed by atoms with Crippen LogP contribution in [0.15, 0.2) is 121 Å². The van der Waals surface area contributed by atoms with Gasteiger partial charge in [0.25, 0.3) is 0 Å². The monoisotopic (exact) mass is 968 g/mol. The number of rotatable bonds is 20. The van der Waals surface area contributed by atoms with Crippen LogP contribution in [-0.4, -0.2) is 150 Å². The Morgan fingerprint density at radius 3 is 0.957 bits per heavy atom. The number of amides is 2. The van der Waals surface area contributed by atoms with E-state index in [-0.39, 0.29) is 92.4 Å². The summed E-state index contributed by atoms with van der Waals surface area (Å²) in [6, 6.07) is 33.8. The van der Waals surface area contributed by atoms with E-state index in [0.717, 1.165) is 22.3 Å².